The first-order valence-electron chi connectivity index (χ1n) is 10.3. The van der Waals surface area contributed by atoms with Crippen molar-refractivity contribution in [1.82, 2.24) is 15.3 Å². The molecule has 0 radical (unpaired) electrons. The summed E-state index contributed by atoms with van der Waals surface area (Å²) in [6.07, 6.45) is -0.660. The number of amidine groups is 1. The topological polar surface area (TPSA) is 194 Å². The van der Waals surface area contributed by atoms with E-state index in [1.165, 1.54) is 55.5 Å². The van der Waals surface area contributed by atoms with E-state index < -0.39 is 47.8 Å². The molecule has 4 amide bonds. The van der Waals surface area contributed by atoms with Gasteiger partial charge in [0.05, 0.1) is 18.0 Å². The Morgan fingerprint density at radius 1 is 1.06 bits per heavy atom. The summed E-state index contributed by atoms with van der Waals surface area (Å²) in [6.45, 7) is 2.51. The fraction of sp³-hybridized carbons (Fsp3) is 0.217. The average molecular weight is 481 g/mol. The minimum atomic E-state index is -1.60. The Morgan fingerprint density at radius 3 is 2.06 bits per heavy atom. The summed E-state index contributed by atoms with van der Waals surface area (Å²) in [5, 5.41) is 30.0. The smallest absolute Gasteiger partial charge is 0.344 e. The van der Waals surface area contributed by atoms with Crippen LogP contribution in [0.2, 0.25) is 0 Å². The highest BCUT2D eigenvalue weighted by molar-refractivity contribution is 6.08. The van der Waals surface area contributed by atoms with Gasteiger partial charge in [0.1, 0.15) is 11.4 Å². The molecule has 0 unspecified atom stereocenters. The first-order chi connectivity index (χ1) is 16.4. The lowest BCUT2D eigenvalue weighted by Gasteiger charge is -2.35. The second-order valence-electron chi connectivity index (χ2n) is 8.07. The summed E-state index contributed by atoms with van der Waals surface area (Å²) in [5.41, 5.74) is 4.78. The Hall–Kier alpha value is -4.74. The molecule has 12 nitrogen and oxygen atoms in total. The number of urea groups is 1. The largest absolute Gasteiger partial charge is 0.481 e. The number of nitrogens with zero attached hydrogens (tertiary/aromatic N) is 2. The number of hydrogen-bond donors (Lipinski definition) is 5. The predicted molar refractivity (Wildman–Crippen MR) is 121 cm³/mol. The van der Waals surface area contributed by atoms with E-state index in [0.717, 1.165) is 11.9 Å². The van der Waals surface area contributed by atoms with Gasteiger partial charge in [-0.15, -0.1) is 0 Å². The van der Waals surface area contributed by atoms with E-state index in [9.17, 15) is 29.1 Å². The van der Waals surface area contributed by atoms with Crippen molar-refractivity contribution in [1.29, 1.82) is 5.41 Å². The zero-order chi connectivity index (χ0) is 26.1. The summed E-state index contributed by atoms with van der Waals surface area (Å²) in [4.78, 5) is 62.0. The highest BCUT2D eigenvalue weighted by Crippen LogP contribution is 2.34. The van der Waals surface area contributed by atoms with Crippen LogP contribution < -0.4 is 11.1 Å². The van der Waals surface area contributed by atoms with Crippen LogP contribution in [0.3, 0.4) is 0 Å². The number of imide groups is 1. The number of amides is 4. The van der Waals surface area contributed by atoms with Crippen LogP contribution >= 0.6 is 0 Å². The Balaban J connectivity index is 2.05. The van der Waals surface area contributed by atoms with Crippen molar-refractivity contribution in [2.24, 2.45) is 5.73 Å². The van der Waals surface area contributed by atoms with E-state index in [1.54, 1.807) is 0 Å². The van der Waals surface area contributed by atoms with Crippen LogP contribution in [0.15, 0.2) is 48.5 Å². The van der Waals surface area contributed by atoms with Crippen LogP contribution in [0.1, 0.15) is 53.4 Å². The van der Waals surface area contributed by atoms with Crippen molar-refractivity contribution in [3.8, 4) is 0 Å². The molecule has 0 saturated carbocycles. The molecular weight excluding hydrogens is 458 g/mol. The number of carboxylic acids is 2. The molecule has 3 rings (SSSR count). The number of nitrogen functional groups attached to an aromatic ring is 1. The summed E-state index contributed by atoms with van der Waals surface area (Å²) < 4.78 is 0. The number of hydrogen-bond acceptors (Lipinski definition) is 6. The first kappa shape index (κ1) is 24.9. The molecule has 2 aromatic rings. The van der Waals surface area contributed by atoms with E-state index in [2.05, 4.69) is 5.32 Å². The molecule has 1 aliphatic rings. The normalized spacial score (nSPS) is 18.1. The number of benzene rings is 2. The lowest BCUT2D eigenvalue weighted by molar-refractivity contribution is -0.162. The van der Waals surface area contributed by atoms with Gasteiger partial charge in [-0.25, -0.2) is 14.6 Å². The van der Waals surface area contributed by atoms with Crippen molar-refractivity contribution in [3.05, 3.63) is 70.8 Å². The highest BCUT2D eigenvalue weighted by atomic mass is 16.4. The second-order valence-corrected chi connectivity index (χ2v) is 8.07. The zero-order valence-corrected chi connectivity index (χ0v) is 18.8. The molecule has 0 aromatic heterocycles. The molecule has 1 saturated heterocycles. The van der Waals surface area contributed by atoms with E-state index in [-0.39, 0.29) is 17.0 Å². The third-order valence-corrected chi connectivity index (χ3v) is 5.69. The van der Waals surface area contributed by atoms with E-state index in [4.69, 9.17) is 16.2 Å². The van der Waals surface area contributed by atoms with Gasteiger partial charge in [0.2, 0.25) is 5.91 Å². The third-order valence-electron chi connectivity index (χ3n) is 5.69. The molecular formula is C23H23N5O7. The van der Waals surface area contributed by atoms with Crippen LogP contribution in [0.25, 0.3) is 0 Å². The Morgan fingerprint density at radius 2 is 1.60 bits per heavy atom. The lowest BCUT2D eigenvalue weighted by atomic mass is 9.91. The highest BCUT2D eigenvalue weighted by Gasteiger charge is 2.53. The molecule has 6 N–H and O–H groups in total. The average Bonchev–Trinajstić information content (AvgIpc) is 3.02. The number of carbonyl (C=O) groups excluding carboxylic acids is 3. The number of aromatic carboxylic acids is 1. The van der Waals surface area contributed by atoms with Gasteiger partial charge in [0.15, 0.2) is 0 Å². The monoisotopic (exact) mass is 481 g/mol. The van der Waals surface area contributed by atoms with Gasteiger partial charge >= 0.3 is 18.0 Å². The molecule has 182 valence electrons. The fourth-order valence-corrected chi connectivity index (χ4v) is 3.86. The quantitative estimate of drug-likeness (QED) is 0.212. The maximum absolute atomic E-state index is 13.5. The van der Waals surface area contributed by atoms with Crippen LogP contribution in [0.4, 0.5) is 4.79 Å². The standard InChI is InChI=1S/C23H23N5O7/c1-12(29)27(17(11-18(30)31)13-3-5-15(6-4-13)20(32)33)28-21(34)23(2,26-22(28)35)16-9-7-14(8-10-16)19(24)25/h3-10,17H,11H2,1-2H3,(H3,24,25)(H,26,35)(H,30,31)(H,32,33)/t17-,23-/m1/s1. The Bertz CT molecular complexity index is 1230. The van der Waals surface area contributed by atoms with Crippen molar-refractivity contribution >= 4 is 35.6 Å². The summed E-state index contributed by atoms with van der Waals surface area (Å²) in [6, 6.07) is 8.91. The van der Waals surface area contributed by atoms with Crippen molar-refractivity contribution in [2.75, 3.05) is 0 Å². The summed E-state index contributed by atoms with van der Waals surface area (Å²) in [5.74, 6) is -4.30. The number of nitrogens with two attached hydrogens (primary N) is 1. The molecule has 1 fully saturated rings. The molecule has 1 heterocycles. The Kier molecular flexibility index (Phi) is 6.58. The Labute approximate surface area is 199 Å². The van der Waals surface area contributed by atoms with Gasteiger partial charge in [0, 0.05) is 12.5 Å². The molecule has 12 heteroatoms. The minimum absolute atomic E-state index is 0.0613. The lowest BCUT2D eigenvalue weighted by Crippen LogP contribution is -2.52. The van der Waals surface area contributed by atoms with Crippen LogP contribution in [0, 0.1) is 5.41 Å². The van der Waals surface area contributed by atoms with Crippen LogP contribution in [-0.2, 0) is 19.9 Å². The number of aliphatic carboxylic acids is 1. The van der Waals surface area contributed by atoms with Gasteiger partial charge in [-0.2, -0.15) is 5.01 Å². The molecule has 0 spiro atoms. The summed E-state index contributed by atoms with van der Waals surface area (Å²) in [7, 11) is 0. The van der Waals surface area contributed by atoms with Crippen molar-refractivity contribution in [3.63, 3.8) is 0 Å². The maximum atomic E-state index is 13.5. The molecule has 1 aliphatic heterocycles. The van der Waals surface area contributed by atoms with Crippen molar-refractivity contribution < 1.29 is 34.2 Å². The second kappa shape index (κ2) is 9.25. The number of hydrazine groups is 1. The van der Waals surface area contributed by atoms with Crippen molar-refractivity contribution in [2.45, 2.75) is 31.8 Å². The van der Waals surface area contributed by atoms with Crippen LogP contribution in [-0.4, -0.2) is 55.9 Å². The first-order valence-corrected chi connectivity index (χ1v) is 10.3. The molecule has 0 bridgehead atoms. The maximum Gasteiger partial charge on any atom is 0.344 e. The third kappa shape index (κ3) is 4.67. The molecule has 0 aliphatic carbocycles. The summed E-state index contributed by atoms with van der Waals surface area (Å²) >= 11 is 0. The molecule has 35 heavy (non-hydrogen) atoms. The van der Waals surface area contributed by atoms with Crippen LogP contribution in [0.5, 0.6) is 0 Å². The van der Waals surface area contributed by atoms with Gasteiger partial charge < -0.3 is 21.3 Å². The van der Waals surface area contributed by atoms with Gasteiger partial charge in [0.25, 0.3) is 5.91 Å². The fourth-order valence-electron chi connectivity index (χ4n) is 3.86. The molecule has 2 atom stereocenters. The number of carboxylic acid groups (broad SMARTS) is 2. The van der Waals surface area contributed by atoms with E-state index in [0.29, 0.717) is 16.1 Å². The minimum Gasteiger partial charge on any atom is -0.481 e. The van der Waals surface area contributed by atoms with E-state index in [1.807, 2.05) is 0 Å². The van der Waals surface area contributed by atoms with E-state index >= 15 is 0 Å². The zero-order valence-electron chi connectivity index (χ0n) is 18.8. The number of nitrogens with one attached hydrogen (secondary N) is 2. The SMILES string of the molecule is CC(=O)N([C@H](CC(=O)O)c1ccc(C(=O)O)cc1)N1C(=O)N[C@](C)(c2ccc(C(=N)N)cc2)C1=O. The molecule has 2 aromatic carbocycles. The predicted octanol–water partition coefficient (Wildman–Crippen LogP) is 1.42. The number of rotatable bonds is 8. The van der Waals surface area contributed by atoms with Gasteiger partial charge in [-0.1, -0.05) is 36.4 Å². The van der Waals surface area contributed by atoms with Gasteiger partial charge in [-0.05, 0) is 30.2 Å². The van der Waals surface area contributed by atoms with Gasteiger partial charge in [-0.3, -0.25) is 19.8 Å². The number of carbonyl (C=O) groups is 5.